The van der Waals surface area contributed by atoms with Crippen molar-refractivity contribution in [2.24, 2.45) is 0 Å². The maximum Gasteiger partial charge on any atom is 0.289 e. The van der Waals surface area contributed by atoms with Crippen LogP contribution in [0.3, 0.4) is 0 Å². The first-order chi connectivity index (χ1) is 9.11. The average molecular weight is 278 g/mol. The van der Waals surface area contributed by atoms with Crippen molar-refractivity contribution in [2.75, 3.05) is 13.6 Å². The van der Waals surface area contributed by atoms with E-state index in [9.17, 15) is 4.79 Å². The largest absolute Gasteiger partial charge is 0.449 e. The second kappa shape index (κ2) is 6.02. The van der Waals surface area contributed by atoms with Gasteiger partial charge in [0.25, 0.3) is 5.91 Å². The molecule has 102 valence electrons. The number of furan rings is 1. The van der Waals surface area contributed by atoms with Crippen molar-refractivity contribution in [3.05, 3.63) is 28.3 Å². The van der Waals surface area contributed by atoms with Crippen molar-refractivity contribution in [1.82, 2.24) is 9.88 Å². The number of carbonyl (C=O) groups excluding carboxylic acids is 1. The molecule has 4 nitrogen and oxygen atoms in total. The maximum atomic E-state index is 12.1. The summed E-state index contributed by atoms with van der Waals surface area (Å²) in [6.45, 7) is 4.80. The van der Waals surface area contributed by atoms with Gasteiger partial charge in [-0.25, -0.2) is 4.98 Å². The highest BCUT2D eigenvalue weighted by molar-refractivity contribution is 7.09. The molecule has 0 saturated carbocycles. The van der Waals surface area contributed by atoms with Crippen molar-refractivity contribution in [3.8, 4) is 11.5 Å². The molecule has 0 aromatic carbocycles. The Balaban J connectivity index is 2.10. The number of nitrogens with zero attached hydrogens (tertiary/aromatic N) is 2. The Morgan fingerprint density at radius 3 is 2.89 bits per heavy atom. The zero-order chi connectivity index (χ0) is 13.8. The Morgan fingerprint density at radius 1 is 1.47 bits per heavy atom. The molecular formula is C14H18N2O2S. The van der Waals surface area contributed by atoms with Crippen LogP contribution in [-0.2, 0) is 0 Å². The molecule has 19 heavy (non-hydrogen) atoms. The standard InChI is InChI=1S/C14H18N2O2S/c1-4-5-8-16(3)14(17)13-7-6-12(18-13)11-9-19-10(2)15-11/h6-7,9H,4-5,8H2,1-3H3. The molecule has 0 aliphatic heterocycles. The number of unbranched alkanes of at least 4 members (excludes halogenated alkanes) is 1. The lowest BCUT2D eigenvalue weighted by Crippen LogP contribution is -2.27. The third-order valence-corrected chi connectivity index (χ3v) is 3.66. The fraction of sp³-hybridized carbons (Fsp3) is 0.429. The Hall–Kier alpha value is -1.62. The minimum atomic E-state index is -0.0772. The van der Waals surface area contributed by atoms with Crippen LogP contribution in [0, 0.1) is 6.92 Å². The summed E-state index contributed by atoms with van der Waals surface area (Å²) in [5, 5.41) is 2.92. The predicted octanol–water partition coefficient (Wildman–Crippen LogP) is 3.58. The maximum absolute atomic E-state index is 12.1. The monoisotopic (exact) mass is 278 g/mol. The van der Waals surface area contributed by atoms with Gasteiger partial charge in [0.2, 0.25) is 0 Å². The van der Waals surface area contributed by atoms with Crippen LogP contribution in [0.15, 0.2) is 21.9 Å². The van der Waals surface area contributed by atoms with Gasteiger partial charge >= 0.3 is 0 Å². The summed E-state index contributed by atoms with van der Waals surface area (Å²) in [5.74, 6) is 0.947. The van der Waals surface area contributed by atoms with Crippen LogP contribution in [0.4, 0.5) is 0 Å². The molecule has 5 heteroatoms. The second-order valence-electron chi connectivity index (χ2n) is 4.50. The molecule has 0 aliphatic carbocycles. The third-order valence-electron chi connectivity index (χ3n) is 2.88. The van der Waals surface area contributed by atoms with Crippen molar-refractivity contribution in [2.45, 2.75) is 26.7 Å². The molecule has 0 radical (unpaired) electrons. The zero-order valence-corrected chi connectivity index (χ0v) is 12.3. The van der Waals surface area contributed by atoms with E-state index in [0.29, 0.717) is 11.5 Å². The molecule has 2 aromatic rings. The highest BCUT2D eigenvalue weighted by atomic mass is 32.1. The van der Waals surface area contributed by atoms with Crippen molar-refractivity contribution in [1.29, 1.82) is 0 Å². The molecule has 2 aromatic heterocycles. The number of hydrogen-bond acceptors (Lipinski definition) is 4. The van der Waals surface area contributed by atoms with Gasteiger partial charge < -0.3 is 9.32 Å². The SMILES string of the molecule is CCCCN(C)C(=O)c1ccc(-c2csc(C)n2)o1. The lowest BCUT2D eigenvalue weighted by molar-refractivity contribution is 0.0763. The van der Waals surface area contributed by atoms with E-state index in [-0.39, 0.29) is 5.91 Å². The average Bonchev–Trinajstić information content (AvgIpc) is 3.03. The first kappa shape index (κ1) is 13.8. The van der Waals surface area contributed by atoms with E-state index in [0.717, 1.165) is 30.1 Å². The number of aryl methyl sites for hydroxylation is 1. The molecule has 0 unspecified atom stereocenters. The molecule has 1 amide bonds. The van der Waals surface area contributed by atoms with Gasteiger partial charge in [-0.1, -0.05) is 13.3 Å². The van der Waals surface area contributed by atoms with Crippen molar-refractivity contribution >= 4 is 17.2 Å². The second-order valence-corrected chi connectivity index (χ2v) is 5.56. The Kier molecular flexibility index (Phi) is 4.37. The summed E-state index contributed by atoms with van der Waals surface area (Å²) in [6.07, 6.45) is 2.07. The fourth-order valence-electron chi connectivity index (χ4n) is 1.75. The molecule has 0 N–H and O–H groups in total. The van der Waals surface area contributed by atoms with Gasteiger partial charge in [0.1, 0.15) is 5.69 Å². The Labute approximate surface area is 117 Å². The van der Waals surface area contributed by atoms with Crippen LogP contribution in [0.2, 0.25) is 0 Å². The minimum absolute atomic E-state index is 0.0772. The molecule has 0 spiro atoms. The van der Waals surface area contributed by atoms with Crippen molar-refractivity contribution < 1.29 is 9.21 Å². The number of amides is 1. The topological polar surface area (TPSA) is 46.3 Å². The first-order valence-corrected chi connectivity index (χ1v) is 7.27. The van der Waals surface area contributed by atoms with E-state index in [1.807, 2.05) is 12.3 Å². The molecular weight excluding hydrogens is 260 g/mol. The van der Waals surface area contributed by atoms with Gasteiger partial charge in [0.05, 0.1) is 5.01 Å². The number of hydrogen-bond donors (Lipinski definition) is 0. The lowest BCUT2D eigenvalue weighted by Gasteiger charge is -2.14. The summed E-state index contributed by atoms with van der Waals surface area (Å²) in [5.41, 5.74) is 0.790. The molecule has 0 atom stereocenters. The van der Waals surface area contributed by atoms with E-state index < -0.39 is 0 Å². The smallest absolute Gasteiger partial charge is 0.289 e. The number of carbonyl (C=O) groups is 1. The zero-order valence-electron chi connectivity index (χ0n) is 11.5. The summed E-state index contributed by atoms with van der Waals surface area (Å²) in [7, 11) is 1.80. The lowest BCUT2D eigenvalue weighted by atomic mass is 10.3. The molecule has 0 saturated heterocycles. The molecule has 0 aliphatic rings. The highest BCUT2D eigenvalue weighted by Gasteiger charge is 2.16. The Bertz CT molecular complexity index is 559. The molecule has 2 heterocycles. The summed E-state index contributed by atoms with van der Waals surface area (Å²) < 4.78 is 5.60. The van der Waals surface area contributed by atoms with E-state index in [1.54, 1.807) is 35.4 Å². The molecule has 2 rings (SSSR count). The van der Waals surface area contributed by atoms with Gasteiger partial charge in [-0.3, -0.25) is 4.79 Å². The summed E-state index contributed by atoms with van der Waals surface area (Å²) >= 11 is 1.57. The van der Waals surface area contributed by atoms with Crippen LogP contribution >= 0.6 is 11.3 Å². The van der Waals surface area contributed by atoms with E-state index in [4.69, 9.17) is 4.42 Å². The van der Waals surface area contributed by atoms with E-state index in [2.05, 4.69) is 11.9 Å². The normalized spacial score (nSPS) is 10.7. The van der Waals surface area contributed by atoms with Crippen molar-refractivity contribution in [3.63, 3.8) is 0 Å². The number of thiazole rings is 1. The van der Waals surface area contributed by atoms with Gasteiger partial charge in [-0.2, -0.15) is 0 Å². The summed E-state index contributed by atoms with van der Waals surface area (Å²) in [4.78, 5) is 18.2. The van der Waals surface area contributed by atoms with Gasteiger partial charge in [-0.15, -0.1) is 11.3 Å². The molecule has 0 bridgehead atoms. The quantitative estimate of drug-likeness (QED) is 0.839. The first-order valence-electron chi connectivity index (χ1n) is 6.39. The van der Waals surface area contributed by atoms with E-state index in [1.165, 1.54) is 0 Å². The summed E-state index contributed by atoms with van der Waals surface area (Å²) in [6, 6.07) is 3.52. The van der Waals surface area contributed by atoms with Crippen LogP contribution in [0.1, 0.15) is 35.3 Å². The third kappa shape index (κ3) is 3.23. The number of rotatable bonds is 5. The fourth-order valence-corrected chi connectivity index (χ4v) is 2.35. The van der Waals surface area contributed by atoms with Gasteiger partial charge in [0.15, 0.2) is 11.5 Å². The highest BCUT2D eigenvalue weighted by Crippen LogP contribution is 2.24. The van der Waals surface area contributed by atoms with Gasteiger partial charge in [-0.05, 0) is 25.5 Å². The van der Waals surface area contributed by atoms with E-state index >= 15 is 0 Å². The van der Waals surface area contributed by atoms with Crippen LogP contribution in [-0.4, -0.2) is 29.4 Å². The van der Waals surface area contributed by atoms with Crippen LogP contribution in [0.5, 0.6) is 0 Å². The Morgan fingerprint density at radius 2 is 2.26 bits per heavy atom. The van der Waals surface area contributed by atoms with Gasteiger partial charge in [0, 0.05) is 19.0 Å². The predicted molar refractivity (Wildman–Crippen MR) is 76.4 cm³/mol. The molecule has 0 fully saturated rings. The van der Waals surface area contributed by atoms with Crippen LogP contribution < -0.4 is 0 Å². The van der Waals surface area contributed by atoms with Crippen LogP contribution in [0.25, 0.3) is 11.5 Å². The minimum Gasteiger partial charge on any atom is -0.449 e. The number of aromatic nitrogens is 1.